The van der Waals surface area contributed by atoms with Gasteiger partial charge in [-0.25, -0.2) is 4.79 Å². The zero-order valence-corrected chi connectivity index (χ0v) is 64.9. The van der Waals surface area contributed by atoms with Gasteiger partial charge >= 0.3 is 11.7 Å². The van der Waals surface area contributed by atoms with E-state index in [1.54, 1.807) is 68.4 Å². The second kappa shape index (κ2) is 35.3. The van der Waals surface area contributed by atoms with Gasteiger partial charge in [0.05, 0.1) is 40.2 Å². The lowest BCUT2D eigenvalue weighted by Crippen LogP contribution is -2.65. The Hall–Kier alpha value is -12.3. The number of benzene rings is 8. The van der Waals surface area contributed by atoms with E-state index in [1.807, 2.05) is 0 Å². The molecule has 17 atom stereocenters. The van der Waals surface area contributed by atoms with Gasteiger partial charge in [0, 0.05) is 46.9 Å². The van der Waals surface area contributed by atoms with Crippen LogP contribution in [0.3, 0.4) is 0 Å². The largest absolute Gasteiger partial charge is 0.508 e. The average molecular weight is 1700 g/mol. The number of ether oxygens (including phenoxy) is 7. The van der Waals surface area contributed by atoms with E-state index < -0.39 is 242 Å². The number of nitrogens with two attached hydrogens (primary N) is 2. The first-order valence-electron chi connectivity index (χ1n) is 37.1. The number of nitro benzene ring substituents is 1. The SMILES string of the molecule is Cc1ccc(C(=O)Nc2cccc(CN[C@]3(C)C[C@H](O[C@H]4C(Oc5c6cc7cc5Oc5ccc(cc5Cl)[C@@H](O)[C@H]5NC(=O)[C@@H](NC(=O)C7NC(=O)[C@H](CC(N)=O)NC(=O)[C@H](N)[C@H](O)c7ccc(c(Cl)c7)O6)c6ccc(O)c(c6)-c6c(O)cc(O)cc6[C@H](C(=O)O)NC5=O)O[C@@H](CO)[C@@H](O)[C@H]4O)O[C@H](C)[C@@H]3O)c2)c([N+](=O)[O-])c1OCc1ccccc1. The van der Waals surface area contributed by atoms with Crippen molar-refractivity contribution < 1.29 is 128 Å². The number of rotatable bonds is 17. The average Bonchev–Trinajstić information content (AvgIpc) is 0.765. The van der Waals surface area contributed by atoms with E-state index in [4.69, 9.17) is 67.8 Å². The molecule has 0 saturated carbocycles. The molecule has 7 aliphatic heterocycles. The van der Waals surface area contributed by atoms with Gasteiger partial charge in [0.25, 0.3) is 5.91 Å². The molecule has 0 radical (unpaired) electrons. The highest BCUT2D eigenvalue weighted by Gasteiger charge is 2.52. The number of aliphatic carboxylic acids is 1. The van der Waals surface area contributed by atoms with Crippen molar-refractivity contribution in [2.75, 3.05) is 11.9 Å². The number of anilines is 1. The Labute approximate surface area is 690 Å². The van der Waals surface area contributed by atoms with Crippen LogP contribution < -0.4 is 67.6 Å². The quantitative estimate of drug-likeness (QED) is 0.0449. The summed E-state index contributed by atoms with van der Waals surface area (Å²) in [6.07, 6.45) is -19.5. The number of nitrogens with one attached hydrogen (secondary N) is 7. The number of phenols is 3. The Kier molecular flexibility index (Phi) is 25.2. The number of phenolic OH excluding ortho intramolecular Hbond substituents is 3. The second-order valence-electron chi connectivity index (χ2n) is 29.3. The molecule has 7 aliphatic rings. The molecule has 120 heavy (non-hydrogen) atoms. The zero-order chi connectivity index (χ0) is 86.2. The number of fused-ring (bicyclic) bond motifs is 15. The van der Waals surface area contributed by atoms with E-state index in [-0.39, 0.29) is 64.0 Å². The number of carboxylic acid groups (broad SMARTS) is 1. The third-order valence-electron chi connectivity index (χ3n) is 21.0. The van der Waals surface area contributed by atoms with Crippen molar-refractivity contribution in [3.8, 4) is 62.9 Å². The van der Waals surface area contributed by atoms with E-state index in [0.717, 1.165) is 72.3 Å². The molecule has 0 spiro atoms. The molecule has 8 aromatic carbocycles. The predicted octanol–water partition coefficient (Wildman–Crippen LogP) is 4.19. The number of amides is 7. The van der Waals surface area contributed by atoms with E-state index >= 15 is 14.4 Å². The molecule has 7 heterocycles. The lowest BCUT2D eigenvalue weighted by Gasteiger charge is -2.48. The van der Waals surface area contributed by atoms with Gasteiger partial charge in [-0.3, -0.25) is 43.7 Å². The molecule has 39 heteroatoms. The molecule has 2 fully saturated rings. The van der Waals surface area contributed by atoms with Crippen LogP contribution >= 0.6 is 23.2 Å². The highest BCUT2D eigenvalue weighted by atomic mass is 35.5. The summed E-state index contributed by atoms with van der Waals surface area (Å²) in [6.45, 7) is 3.65. The fraction of sp³-hybridized carbons (Fsp3) is 0.309. The minimum Gasteiger partial charge on any atom is -0.508 e. The number of aliphatic hydroxyl groups is 6. The first-order chi connectivity index (χ1) is 57.1. The van der Waals surface area contributed by atoms with Gasteiger partial charge in [-0.15, -0.1) is 0 Å². The molecular formula is C81H80Cl2N10O27. The number of nitro groups is 1. The van der Waals surface area contributed by atoms with Crippen LogP contribution in [0.15, 0.2) is 146 Å². The molecule has 11 bridgehead atoms. The van der Waals surface area contributed by atoms with Crippen LogP contribution in [0.25, 0.3) is 11.1 Å². The lowest BCUT2D eigenvalue weighted by atomic mass is 9.84. The third kappa shape index (κ3) is 18.0. The van der Waals surface area contributed by atoms with Gasteiger partial charge in [-0.2, -0.15) is 0 Å². The number of carbonyl (C=O) groups is 8. The summed E-state index contributed by atoms with van der Waals surface area (Å²) in [6, 6.07) is 18.5. The highest BCUT2D eigenvalue weighted by molar-refractivity contribution is 6.32. The first kappa shape index (κ1) is 85.5. The standard InChI is InChI=1S/C81H80Cl2N10O27/c1-33-12-16-43(64(93(112)113)69(33)114-32-35-8-5-4-6-9-35)73(104)87-41-11-7-10-36(20-41)30-86-81(3)29-57(115-34(2)72(81)103)119-71-68(102)67(101)55(31-94)118-80(71)120-70-53-24-40-25-54(70)117-52-19-15-39(23-47(52)83)66(100)63-78(109)91-62(79(110)111)45-26-42(95)27-50(97)58(45)44-21-37(13-17-49(44)96)60(76(107)92-63)90-77(108)61(40)89-74(105)48(28-56(84)98)88-75(106)59(85)65(99)38-14-18-51(116-53)46(82)22-38/h4-27,34,48,55,57,59-63,65-68,71-72,80,86,94-97,99-103H,28-32,85H2,1-3H3,(H2,84,98)(H,87,104)(H,88,106)(H,89,105)(H,90,108)(H,91,109)(H,92,107)(H,110,111)/t34-,48+,55+,57+,59-,60+,61?,62-,63-,65-,66-,67-,68-,71-,72+,80?,81-/m1/s1. The summed E-state index contributed by atoms with van der Waals surface area (Å²) in [4.78, 5) is 128. The molecule has 8 aromatic rings. The highest BCUT2D eigenvalue weighted by Crippen LogP contribution is 2.50. The second-order valence-corrected chi connectivity index (χ2v) is 30.2. The van der Waals surface area contributed by atoms with Crippen LogP contribution in [0.4, 0.5) is 11.4 Å². The van der Waals surface area contributed by atoms with Crippen molar-refractivity contribution >= 4 is 81.9 Å². The molecule has 15 rings (SSSR count). The summed E-state index contributed by atoms with van der Waals surface area (Å²) in [5.74, 6) is -16.1. The maximum Gasteiger partial charge on any atom is 0.330 e. The summed E-state index contributed by atoms with van der Waals surface area (Å²) in [5, 5.41) is 145. The maximum atomic E-state index is 16.0. The molecule has 37 nitrogen and oxygen atoms in total. The van der Waals surface area contributed by atoms with Crippen molar-refractivity contribution in [3.63, 3.8) is 0 Å². The zero-order valence-electron chi connectivity index (χ0n) is 63.4. The summed E-state index contributed by atoms with van der Waals surface area (Å²) in [5.41, 5.74) is 8.72. The van der Waals surface area contributed by atoms with Crippen molar-refractivity contribution in [3.05, 3.63) is 216 Å². The molecule has 21 N–H and O–H groups in total. The molecule has 2 unspecified atom stereocenters. The fourth-order valence-electron chi connectivity index (χ4n) is 14.6. The van der Waals surface area contributed by atoms with Gasteiger partial charge in [0.2, 0.25) is 53.2 Å². The normalized spacial score (nSPS) is 26.2. The lowest BCUT2D eigenvalue weighted by molar-refractivity contribution is -0.386. The van der Waals surface area contributed by atoms with E-state index in [1.165, 1.54) is 31.2 Å². The monoisotopic (exact) mass is 1690 g/mol. The van der Waals surface area contributed by atoms with E-state index in [0.29, 0.717) is 11.1 Å². The molecule has 0 aromatic heterocycles. The van der Waals surface area contributed by atoms with Crippen LogP contribution in [0.1, 0.15) is 112 Å². The van der Waals surface area contributed by atoms with Crippen molar-refractivity contribution in [2.45, 2.75) is 150 Å². The van der Waals surface area contributed by atoms with E-state index in [9.17, 15) is 85.2 Å². The van der Waals surface area contributed by atoms with Crippen LogP contribution in [-0.4, -0.2) is 183 Å². The van der Waals surface area contributed by atoms with Gasteiger partial charge in [-0.05, 0) is 133 Å². The number of hydrogen-bond acceptors (Lipinski definition) is 28. The van der Waals surface area contributed by atoms with Gasteiger partial charge in [0.1, 0.15) is 102 Å². The number of carboxylic acids is 1. The van der Waals surface area contributed by atoms with Gasteiger partial charge in [0.15, 0.2) is 29.9 Å². The number of hydrogen-bond donors (Lipinski definition) is 19. The van der Waals surface area contributed by atoms with Crippen LogP contribution in [0.2, 0.25) is 10.0 Å². The minimum atomic E-state index is -2.35. The number of nitrogens with zero attached hydrogens (tertiary/aromatic N) is 1. The van der Waals surface area contributed by atoms with Crippen LogP contribution in [-0.2, 0) is 60.9 Å². The Morgan fingerprint density at radius 2 is 1.32 bits per heavy atom. The number of aryl methyl sites for hydroxylation is 1. The molecular weight excluding hydrogens is 1620 g/mol. The van der Waals surface area contributed by atoms with Gasteiger partial charge < -0.3 is 133 Å². The molecule has 0 aliphatic carbocycles. The number of aromatic hydroxyl groups is 3. The number of aliphatic hydroxyl groups excluding tert-OH is 6. The number of carbonyl (C=O) groups excluding carboxylic acids is 7. The van der Waals surface area contributed by atoms with Crippen LogP contribution in [0, 0.1) is 17.0 Å². The van der Waals surface area contributed by atoms with Crippen molar-refractivity contribution in [1.82, 2.24) is 31.9 Å². The Morgan fingerprint density at radius 1 is 0.675 bits per heavy atom. The Morgan fingerprint density at radius 3 is 1.97 bits per heavy atom. The topological polar surface area (TPSA) is 583 Å². The van der Waals surface area contributed by atoms with E-state index in [2.05, 4.69) is 37.2 Å². The maximum absolute atomic E-state index is 16.0. The van der Waals surface area contributed by atoms with Crippen molar-refractivity contribution in [1.29, 1.82) is 0 Å². The minimum absolute atomic E-state index is 0.0248. The predicted molar refractivity (Wildman–Crippen MR) is 419 cm³/mol. The Balaban J connectivity index is 0.904. The molecule has 630 valence electrons. The first-order valence-corrected chi connectivity index (χ1v) is 37.9. The summed E-state index contributed by atoms with van der Waals surface area (Å²) < 4.78 is 45.1. The van der Waals surface area contributed by atoms with Gasteiger partial charge in [-0.1, -0.05) is 89.9 Å². The van der Waals surface area contributed by atoms with Crippen molar-refractivity contribution in [2.24, 2.45) is 11.5 Å². The third-order valence-corrected chi connectivity index (χ3v) is 21.6. The summed E-state index contributed by atoms with van der Waals surface area (Å²) >= 11 is 14.1. The van der Waals surface area contributed by atoms with Crippen LogP contribution in [0.5, 0.6) is 51.7 Å². The molecule has 2 saturated heterocycles. The number of primary amides is 1. The smallest absolute Gasteiger partial charge is 0.330 e. The Bertz CT molecular complexity index is 5380. The number of halogens is 2. The fourth-order valence-corrected chi connectivity index (χ4v) is 15.1. The summed E-state index contributed by atoms with van der Waals surface area (Å²) in [7, 11) is 0. The molecule has 7 amide bonds.